The number of carboxylic acids is 1. The zero-order valence-electron chi connectivity index (χ0n) is 14.6. The molecule has 1 aromatic rings. The summed E-state index contributed by atoms with van der Waals surface area (Å²) in [4.78, 5) is 33.2. The Kier molecular flexibility index (Phi) is 9.18. The van der Waals surface area contributed by atoms with Crippen LogP contribution in [0.4, 0.5) is 15.3 Å². The Morgan fingerprint density at radius 2 is 1.72 bits per heavy atom. The van der Waals surface area contributed by atoms with E-state index in [0.717, 1.165) is 0 Å². The number of benzene rings is 1. The molecule has 0 aliphatic carbocycles. The van der Waals surface area contributed by atoms with Crippen molar-refractivity contribution in [2.45, 2.75) is 26.4 Å². The van der Waals surface area contributed by atoms with Gasteiger partial charge in [-0.2, -0.15) is 0 Å². The van der Waals surface area contributed by atoms with Crippen LogP contribution >= 0.6 is 0 Å². The number of aliphatic carboxylic acids is 1. The Morgan fingerprint density at radius 3 is 2.20 bits per heavy atom. The average molecular weight is 358 g/mol. The quantitative estimate of drug-likeness (QED) is 0.265. The minimum absolute atomic E-state index is 0. The zero-order valence-corrected chi connectivity index (χ0v) is 16.6. The zero-order chi connectivity index (χ0) is 18.3. The molecule has 0 saturated carbocycles. The number of alkyl carbamates (subject to hydrolysis) is 1. The fraction of sp³-hybridized carbons (Fsp3) is 0.333. The van der Waals surface area contributed by atoms with Crippen molar-refractivity contribution >= 4 is 29.6 Å². The first-order valence-electron chi connectivity index (χ1n) is 7.00. The number of nitrogens with one attached hydrogen (secondary N) is 4. The summed E-state index contributed by atoms with van der Waals surface area (Å²) in [5, 5.41) is 24.8. The van der Waals surface area contributed by atoms with Crippen LogP contribution in [0.15, 0.2) is 24.3 Å². The van der Waals surface area contributed by atoms with Gasteiger partial charge in [0.25, 0.3) is 0 Å². The number of rotatable bonds is 4. The van der Waals surface area contributed by atoms with Crippen molar-refractivity contribution in [2.75, 3.05) is 11.9 Å². The third-order valence-corrected chi connectivity index (χ3v) is 2.45. The van der Waals surface area contributed by atoms with Crippen molar-refractivity contribution in [3.05, 3.63) is 29.8 Å². The van der Waals surface area contributed by atoms with Crippen molar-refractivity contribution < 1.29 is 53.8 Å². The first-order valence-corrected chi connectivity index (χ1v) is 7.00. The molecule has 0 radical (unpaired) electrons. The van der Waals surface area contributed by atoms with Crippen molar-refractivity contribution in [3.8, 4) is 0 Å². The standard InChI is InChI=1S/C15H20N4O5.Na/c1-15(2,3)24-14(23)19-12(16)9-4-6-10(7-5-9)18-13(22)17-8-11(20)21;/h4-7H,8H2,1-3H3,(H,20,21)(H2,16,19,23)(H2,17,18,22);/q;+1/p-1. The van der Waals surface area contributed by atoms with Gasteiger partial charge in [-0.05, 0) is 45.0 Å². The van der Waals surface area contributed by atoms with Crippen LogP contribution in [0, 0.1) is 5.41 Å². The van der Waals surface area contributed by atoms with E-state index in [-0.39, 0.29) is 35.4 Å². The van der Waals surface area contributed by atoms with Crippen LogP contribution in [0.3, 0.4) is 0 Å². The Bertz CT molecular complexity index is 640. The molecule has 1 rings (SSSR count). The number of carboxylic acid groups (broad SMARTS) is 1. The fourth-order valence-electron chi connectivity index (χ4n) is 1.53. The third-order valence-electron chi connectivity index (χ3n) is 2.45. The normalized spacial score (nSPS) is 10.0. The summed E-state index contributed by atoms with van der Waals surface area (Å²) in [7, 11) is 0. The smallest absolute Gasteiger partial charge is 0.548 e. The SMILES string of the molecule is CC(C)(C)OC(=O)NC(=N)c1ccc(NC(=O)NCC(=O)[O-])cc1.[Na+]. The summed E-state index contributed by atoms with van der Waals surface area (Å²) in [6.07, 6.45) is -0.739. The number of carbonyl (C=O) groups is 3. The summed E-state index contributed by atoms with van der Waals surface area (Å²) in [6.45, 7) is 4.53. The number of hydrogen-bond donors (Lipinski definition) is 4. The second kappa shape index (κ2) is 10.0. The molecule has 0 saturated heterocycles. The van der Waals surface area contributed by atoms with E-state index < -0.39 is 30.2 Å². The van der Waals surface area contributed by atoms with E-state index in [9.17, 15) is 19.5 Å². The molecule has 0 bridgehead atoms. The van der Waals surface area contributed by atoms with Crippen molar-refractivity contribution in [1.29, 1.82) is 5.41 Å². The van der Waals surface area contributed by atoms with Gasteiger partial charge in [-0.25, -0.2) is 9.59 Å². The molecule has 0 atom stereocenters. The van der Waals surface area contributed by atoms with Gasteiger partial charge in [0.05, 0.1) is 12.5 Å². The van der Waals surface area contributed by atoms with Gasteiger partial charge >= 0.3 is 41.7 Å². The average Bonchev–Trinajstić information content (AvgIpc) is 2.43. The van der Waals surface area contributed by atoms with Gasteiger partial charge in [0.15, 0.2) is 0 Å². The van der Waals surface area contributed by atoms with Gasteiger partial charge in [0, 0.05) is 11.3 Å². The van der Waals surface area contributed by atoms with E-state index in [1.807, 2.05) is 0 Å². The van der Waals surface area contributed by atoms with Gasteiger partial charge in [-0.15, -0.1) is 0 Å². The molecule has 3 amide bonds. The molecular formula is C15H19N4NaO5. The molecule has 0 unspecified atom stereocenters. The van der Waals surface area contributed by atoms with Gasteiger partial charge < -0.3 is 25.3 Å². The summed E-state index contributed by atoms with van der Waals surface area (Å²) < 4.78 is 5.04. The molecule has 1 aromatic carbocycles. The first kappa shape index (κ1) is 22.9. The molecule has 9 nitrogen and oxygen atoms in total. The maximum absolute atomic E-state index is 11.6. The molecule has 4 N–H and O–H groups in total. The first-order chi connectivity index (χ1) is 11.1. The topological polar surface area (TPSA) is 143 Å². The largest absolute Gasteiger partial charge is 1.00 e. The summed E-state index contributed by atoms with van der Waals surface area (Å²) in [5.74, 6) is -1.56. The number of ether oxygens (including phenoxy) is 1. The van der Waals surface area contributed by atoms with Gasteiger partial charge in [0.1, 0.15) is 11.4 Å². The minimum Gasteiger partial charge on any atom is -0.548 e. The Labute approximate surface area is 167 Å². The number of anilines is 1. The minimum atomic E-state index is -1.40. The molecule has 0 spiro atoms. The summed E-state index contributed by atoms with van der Waals surface area (Å²) >= 11 is 0. The van der Waals surface area contributed by atoms with Crippen LogP contribution in [0.25, 0.3) is 0 Å². The van der Waals surface area contributed by atoms with Gasteiger partial charge in [-0.1, -0.05) is 0 Å². The van der Waals surface area contributed by atoms with E-state index >= 15 is 0 Å². The van der Waals surface area contributed by atoms with Crippen molar-refractivity contribution in [2.24, 2.45) is 0 Å². The molecule has 10 heteroatoms. The second-order valence-electron chi connectivity index (χ2n) is 5.76. The van der Waals surface area contributed by atoms with Crippen LogP contribution in [-0.4, -0.2) is 36.1 Å². The van der Waals surface area contributed by atoms with Crippen LogP contribution in [0.2, 0.25) is 0 Å². The molecule has 0 aliphatic rings. The Balaban J connectivity index is 0.00000576. The van der Waals surface area contributed by atoms with E-state index in [2.05, 4.69) is 16.0 Å². The molecule has 0 fully saturated rings. The molecule has 25 heavy (non-hydrogen) atoms. The van der Waals surface area contributed by atoms with Crippen molar-refractivity contribution in [3.63, 3.8) is 0 Å². The van der Waals surface area contributed by atoms with Crippen LogP contribution < -0.4 is 50.6 Å². The number of urea groups is 1. The molecule has 0 heterocycles. The van der Waals surface area contributed by atoms with Gasteiger partial charge in [0.2, 0.25) is 0 Å². The van der Waals surface area contributed by atoms with Crippen LogP contribution in [0.5, 0.6) is 0 Å². The van der Waals surface area contributed by atoms with E-state index in [0.29, 0.717) is 11.3 Å². The molecule has 130 valence electrons. The number of carbonyl (C=O) groups excluding carboxylic acids is 3. The van der Waals surface area contributed by atoms with Crippen LogP contribution in [0.1, 0.15) is 26.3 Å². The summed E-state index contributed by atoms with van der Waals surface area (Å²) in [5.41, 5.74) is 0.123. The Hall–Kier alpha value is -2.10. The predicted molar refractivity (Wildman–Crippen MR) is 84.7 cm³/mol. The number of amidine groups is 1. The maximum atomic E-state index is 11.6. The Morgan fingerprint density at radius 1 is 1.16 bits per heavy atom. The van der Waals surface area contributed by atoms with E-state index in [1.54, 1.807) is 20.8 Å². The predicted octanol–water partition coefficient (Wildman–Crippen LogP) is -2.59. The third kappa shape index (κ3) is 9.70. The monoisotopic (exact) mass is 358 g/mol. The van der Waals surface area contributed by atoms with Crippen LogP contribution in [-0.2, 0) is 9.53 Å². The fourth-order valence-corrected chi connectivity index (χ4v) is 1.53. The second-order valence-corrected chi connectivity index (χ2v) is 5.76. The molecule has 0 aromatic heterocycles. The number of amides is 3. The van der Waals surface area contributed by atoms with Gasteiger partial charge in [-0.3, -0.25) is 10.7 Å². The summed E-state index contributed by atoms with van der Waals surface area (Å²) in [6, 6.07) is 5.31. The van der Waals surface area contributed by atoms with Crippen molar-refractivity contribution in [1.82, 2.24) is 10.6 Å². The number of hydrogen-bond acceptors (Lipinski definition) is 6. The maximum Gasteiger partial charge on any atom is 1.00 e. The van der Waals surface area contributed by atoms with E-state index in [1.165, 1.54) is 24.3 Å². The molecule has 0 aliphatic heterocycles. The van der Waals surface area contributed by atoms with E-state index in [4.69, 9.17) is 10.1 Å². The molecular weight excluding hydrogens is 339 g/mol.